The second kappa shape index (κ2) is 16.7. The maximum atomic E-state index is 8.93. The molecule has 4 nitrogen and oxygen atoms in total. The van der Waals surface area contributed by atoms with Crippen molar-refractivity contribution in [2.45, 2.75) is 13.8 Å². The molecule has 2 heterocycles. The van der Waals surface area contributed by atoms with Crippen LogP contribution in [0.3, 0.4) is 0 Å². The molecular weight excluding hydrogens is 540 g/mol. The molecule has 0 unspecified atom stereocenters. The summed E-state index contributed by atoms with van der Waals surface area (Å²) in [6.45, 7) is 4.19. The smallest absolute Gasteiger partial charge is 0.855 e. The van der Waals surface area contributed by atoms with Crippen molar-refractivity contribution in [3.63, 3.8) is 0 Å². The number of hydrogen-bond donors (Lipinski definition) is 0. The normalized spacial score (nSPS) is 8.45. The number of ether oxygens (including phenoxy) is 1. The Morgan fingerprint density at radius 3 is 1.95 bits per heavy atom. The molecule has 0 N–H and O–H groups in total. The van der Waals surface area contributed by atoms with Crippen molar-refractivity contribution >= 4 is 56.8 Å². The summed E-state index contributed by atoms with van der Waals surface area (Å²) in [5.74, 6) is 0.703. The van der Waals surface area contributed by atoms with Gasteiger partial charge >= 0.3 is 29.6 Å². The molecule has 2 rings (SSSR count). The first kappa shape index (κ1) is 25.1. The molecule has 0 aliphatic heterocycles. The molecule has 0 amide bonds. The zero-order chi connectivity index (χ0) is 16.1. The van der Waals surface area contributed by atoms with E-state index < -0.39 is 0 Å². The van der Waals surface area contributed by atoms with Crippen LogP contribution >= 0.6 is 56.8 Å². The summed E-state index contributed by atoms with van der Waals surface area (Å²) in [7, 11) is 0. The zero-order valence-electron chi connectivity index (χ0n) is 12.7. The van der Waals surface area contributed by atoms with E-state index >= 15 is 0 Å². The summed E-state index contributed by atoms with van der Waals surface area (Å²) in [4.78, 5) is 7.80. The maximum absolute atomic E-state index is 8.93. The molecule has 0 aromatic carbocycles. The molecule has 8 heteroatoms. The third kappa shape index (κ3) is 14.4. The van der Waals surface area contributed by atoms with Gasteiger partial charge in [-0.05, 0) is 70.3 Å². The van der Waals surface area contributed by atoms with Crippen molar-refractivity contribution in [3.8, 4) is 5.88 Å². The molecule has 2 aromatic rings. The van der Waals surface area contributed by atoms with Crippen molar-refractivity contribution in [3.05, 3.63) is 49.0 Å². The average molecular weight is 557 g/mol. The summed E-state index contributed by atoms with van der Waals surface area (Å²) in [5, 5.41) is 9.48. The van der Waals surface area contributed by atoms with Crippen LogP contribution in [0.1, 0.15) is 13.8 Å². The molecular formula is C14H16ClI2N2NaO2. The van der Waals surface area contributed by atoms with E-state index in [0.717, 1.165) is 7.14 Å². The second-order valence-electron chi connectivity index (χ2n) is 3.33. The first-order valence-corrected chi connectivity index (χ1v) is 8.66. The second-order valence-corrected chi connectivity index (χ2v) is 6.21. The van der Waals surface area contributed by atoms with E-state index in [9.17, 15) is 0 Å². The summed E-state index contributed by atoms with van der Waals surface area (Å²) in [6, 6.07) is 7.54. The van der Waals surface area contributed by atoms with E-state index in [1.54, 1.807) is 19.3 Å². The third-order valence-electron chi connectivity index (χ3n) is 1.68. The maximum Gasteiger partial charge on any atom is 1.00 e. The fourth-order valence-electron chi connectivity index (χ4n) is 0.991. The van der Waals surface area contributed by atoms with E-state index in [1.807, 2.05) is 31.2 Å². The van der Waals surface area contributed by atoms with Gasteiger partial charge in [-0.3, -0.25) is 0 Å². The predicted molar refractivity (Wildman–Crippen MR) is 101 cm³/mol. The zero-order valence-corrected chi connectivity index (χ0v) is 19.8. The Balaban J connectivity index is 0. The Bertz CT molecular complexity index is 504. The van der Waals surface area contributed by atoms with Crippen LogP contribution in [0.25, 0.3) is 0 Å². The molecule has 0 saturated heterocycles. The van der Waals surface area contributed by atoms with Gasteiger partial charge in [0, 0.05) is 25.6 Å². The first-order valence-electron chi connectivity index (χ1n) is 6.12. The summed E-state index contributed by atoms with van der Waals surface area (Å²) in [6.07, 6.45) is 3.43. The van der Waals surface area contributed by atoms with Gasteiger partial charge in [-0.2, -0.15) is 0 Å². The van der Waals surface area contributed by atoms with Crippen LogP contribution in [-0.2, 0) is 0 Å². The minimum absolute atomic E-state index is 0. The van der Waals surface area contributed by atoms with Crippen molar-refractivity contribution in [2.24, 2.45) is 0 Å². The largest absolute Gasteiger partial charge is 1.00 e. The van der Waals surface area contributed by atoms with Crippen molar-refractivity contribution in [1.82, 2.24) is 9.97 Å². The van der Waals surface area contributed by atoms with Gasteiger partial charge in [0.25, 0.3) is 0 Å². The van der Waals surface area contributed by atoms with Gasteiger partial charge in [0.2, 0.25) is 5.88 Å². The Hall–Kier alpha value is 0.810. The quantitative estimate of drug-likeness (QED) is 0.312. The summed E-state index contributed by atoms with van der Waals surface area (Å²) < 4.78 is 7.43. The molecule has 22 heavy (non-hydrogen) atoms. The molecule has 0 fully saturated rings. The van der Waals surface area contributed by atoms with E-state index in [-0.39, 0.29) is 36.2 Å². The van der Waals surface area contributed by atoms with Crippen molar-refractivity contribution in [2.75, 3.05) is 13.2 Å². The van der Waals surface area contributed by atoms with Gasteiger partial charge in [0.15, 0.2) is 0 Å². The van der Waals surface area contributed by atoms with Crippen molar-refractivity contribution in [1.29, 1.82) is 0 Å². The topological polar surface area (TPSA) is 58.1 Å². The standard InChI is InChI=1S/C7H8INO.C5H3ClIN.C2H5O.Na/c1-2-10-7-5-6(8)3-4-9-7;6-5-3-4(7)1-2-8-5;1-2-3;/h3-5H,2H2,1H3;1-3H;2H2,1H3;/q;;-1;+1. The molecule has 0 radical (unpaired) electrons. The first-order chi connectivity index (χ1) is 10.0. The monoisotopic (exact) mass is 556 g/mol. The molecule has 0 saturated carbocycles. The van der Waals surface area contributed by atoms with Crippen LogP contribution < -0.4 is 39.4 Å². The average Bonchev–Trinajstić information content (AvgIpc) is 2.40. The van der Waals surface area contributed by atoms with E-state index in [0.29, 0.717) is 17.6 Å². The van der Waals surface area contributed by atoms with Gasteiger partial charge in [-0.25, -0.2) is 9.97 Å². The number of nitrogens with zero attached hydrogens (tertiary/aromatic N) is 2. The van der Waals surface area contributed by atoms with E-state index in [2.05, 4.69) is 55.1 Å². The van der Waals surface area contributed by atoms with Crippen molar-refractivity contribution < 1.29 is 39.4 Å². The van der Waals surface area contributed by atoms with Crippen LogP contribution in [0.5, 0.6) is 5.88 Å². The van der Waals surface area contributed by atoms with Crippen LogP contribution in [0.15, 0.2) is 36.7 Å². The summed E-state index contributed by atoms with van der Waals surface area (Å²) >= 11 is 9.94. The predicted octanol–water partition coefficient (Wildman–Crippen LogP) is 0.795. The van der Waals surface area contributed by atoms with Crippen LogP contribution in [0.2, 0.25) is 5.15 Å². The number of halogens is 3. The van der Waals surface area contributed by atoms with Gasteiger partial charge in [-0.1, -0.05) is 18.5 Å². The van der Waals surface area contributed by atoms with Gasteiger partial charge in [0.05, 0.1) is 6.61 Å². The minimum atomic E-state index is 0. The van der Waals surface area contributed by atoms with Crippen LogP contribution in [0, 0.1) is 7.14 Å². The Labute approximate surface area is 186 Å². The molecule has 0 spiro atoms. The molecule has 116 valence electrons. The number of hydrogen-bond acceptors (Lipinski definition) is 4. The van der Waals surface area contributed by atoms with Gasteiger partial charge < -0.3 is 9.84 Å². The Morgan fingerprint density at radius 2 is 1.59 bits per heavy atom. The number of rotatable bonds is 2. The van der Waals surface area contributed by atoms with Crippen LogP contribution in [0.4, 0.5) is 0 Å². The number of aromatic nitrogens is 2. The van der Waals surface area contributed by atoms with Gasteiger partial charge in [0.1, 0.15) is 5.15 Å². The fraction of sp³-hybridized carbons (Fsp3) is 0.286. The molecule has 2 aromatic heterocycles. The van der Waals surface area contributed by atoms with Gasteiger partial charge in [-0.15, -0.1) is 6.61 Å². The molecule has 0 bridgehead atoms. The molecule has 0 aliphatic carbocycles. The fourth-order valence-corrected chi connectivity index (χ4v) is 2.23. The SMILES string of the molecule is CCOc1cc(I)ccn1.CC[O-].Clc1cc(I)ccn1.[Na+]. The molecule has 0 aliphatic rings. The van der Waals surface area contributed by atoms with Crippen LogP contribution in [-0.4, -0.2) is 23.2 Å². The summed E-state index contributed by atoms with van der Waals surface area (Å²) in [5.41, 5.74) is 0. The number of pyridine rings is 2. The Kier molecular flexibility index (Phi) is 19.0. The third-order valence-corrected chi connectivity index (χ3v) is 3.23. The molecule has 0 atom stereocenters. The van der Waals surface area contributed by atoms with E-state index in [4.69, 9.17) is 21.4 Å². The minimum Gasteiger partial charge on any atom is -0.855 e. The Morgan fingerprint density at radius 1 is 1.09 bits per heavy atom. The van der Waals surface area contributed by atoms with E-state index in [1.165, 1.54) is 0 Å².